The van der Waals surface area contributed by atoms with Gasteiger partial charge in [-0.15, -0.1) is 0 Å². The molecule has 1 saturated heterocycles. The van der Waals surface area contributed by atoms with Gasteiger partial charge in [0.05, 0.1) is 17.5 Å². The fourth-order valence-corrected chi connectivity index (χ4v) is 3.13. The van der Waals surface area contributed by atoms with Gasteiger partial charge in [0.25, 0.3) is 5.91 Å². The Morgan fingerprint density at radius 1 is 1.03 bits per heavy atom. The van der Waals surface area contributed by atoms with Crippen LogP contribution in [0.3, 0.4) is 0 Å². The van der Waals surface area contributed by atoms with Crippen molar-refractivity contribution >= 4 is 23.4 Å². The summed E-state index contributed by atoms with van der Waals surface area (Å²) in [7, 11) is 0. The predicted molar refractivity (Wildman–Crippen MR) is 105 cm³/mol. The van der Waals surface area contributed by atoms with Crippen LogP contribution in [-0.4, -0.2) is 53.7 Å². The zero-order valence-electron chi connectivity index (χ0n) is 16.3. The molecule has 2 heterocycles. The number of nitrogens with zero attached hydrogens (tertiary/aromatic N) is 3. The number of hydrogen-bond acceptors (Lipinski definition) is 5. The van der Waals surface area contributed by atoms with Crippen molar-refractivity contribution < 1.29 is 18.8 Å². The first-order chi connectivity index (χ1) is 13.8. The minimum atomic E-state index is -1.32. The number of nitrogens with one attached hydrogen (secondary N) is 1. The molecule has 1 aromatic carbocycles. The highest BCUT2D eigenvalue weighted by Crippen LogP contribution is 2.24. The van der Waals surface area contributed by atoms with Gasteiger partial charge in [-0.2, -0.15) is 5.26 Å². The van der Waals surface area contributed by atoms with Crippen LogP contribution in [0.1, 0.15) is 30.0 Å². The van der Waals surface area contributed by atoms with E-state index in [9.17, 15) is 19.6 Å². The summed E-state index contributed by atoms with van der Waals surface area (Å²) >= 11 is 0. The van der Waals surface area contributed by atoms with E-state index in [1.807, 2.05) is 6.07 Å². The monoisotopic (exact) mass is 394 g/mol. The molecule has 0 bridgehead atoms. The van der Waals surface area contributed by atoms with Crippen LogP contribution < -0.4 is 5.32 Å². The van der Waals surface area contributed by atoms with Crippen molar-refractivity contribution in [1.82, 2.24) is 9.80 Å². The van der Waals surface area contributed by atoms with Crippen molar-refractivity contribution in [3.05, 3.63) is 54.0 Å². The molecule has 0 atom stereocenters. The fraction of sp³-hybridized carbons (Fsp3) is 0.333. The largest absolute Gasteiger partial charge is 0.459 e. The summed E-state index contributed by atoms with van der Waals surface area (Å²) in [6.45, 7) is 4.49. The summed E-state index contributed by atoms with van der Waals surface area (Å²) in [5.74, 6) is -0.762. The van der Waals surface area contributed by atoms with Crippen LogP contribution in [0.5, 0.6) is 0 Å². The van der Waals surface area contributed by atoms with E-state index in [1.165, 1.54) is 6.26 Å². The molecule has 0 saturated carbocycles. The quantitative estimate of drug-likeness (QED) is 0.799. The molecule has 1 aliphatic rings. The Bertz CT molecular complexity index is 951. The fourth-order valence-electron chi connectivity index (χ4n) is 3.13. The Labute approximate surface area is 168 Å². The second kappa shape index (κ2) is 8.19. The zero-order chi connectivity index (χ0) is 21.0. The number of furan rings is 1. The van der Waals surface area contributed by atoms with E-state index in [4.69, 9.17) is 4.42 Å². The number of para-hydroxylation sites is 1. The van der Waals surface area contributed by atoms with Gasteiger partial charge in [-0.25, -0.2) is 0 Å². The molecule has 1 aliphatic heterocycles. The maximum Gasteiger partial charge on any atom is 0.289 e. The standard InChI is InChI=1S/C21H22N4O4/c1-21(2,19(27)23-16-7-4-3-6-15(16)14-22)20(28)25-11-9-24(10-12-25)18(26)17-8-5-13-29-17/h3-8,13H,9-12H2,1-2H3,(H,23,27). The van der Waals surface area contributed by atoms with E-state index in [1.54, 1.807) is 60.0 Å². The van der Waals surface area contributed by atoms with Crippen LogP contribution in [0.4, 0.5) is 5.69 Å². The van der Waals surface area contributed by atoms with E-state index < -0.39 is 11.3 Å². The van der Waals surface area contributed by atoms with Gasteiger partial charge in [-0.05, 0) is 38.1 Å². The maximum absolute atomic E-state index is 13.0. The molecule has 0 aliphatic carbocycles. The van der Waals surface area contributed by atoms with Crippen LogP contribution >= 0.6 is 0 Å². The third-order valence-electron chi connectivity index (χ3n) is 4.98. The number of rotatable bonds is 4. The molecule has 150 valence electrons. The van der Waals surface area contributed by atoms with Gasteiger partial charge in [-0.1, -0.05) is 12.1 Å². The third kappa shape index (κ3) is 4.14. The number of nitriles is 1. The molecule has 1 fully saturated rings. The Morgan fingerprint density at radius 2 is 1.69 bits per heavy atom. The van der Waals surface area contributed by atoms with Gasteiger partial charge in [0.15, 0.2) is 5.76 Å². The highest BCUT2D eigenvalue weighted by atomic mass is 16.3. The lowest BCUT2D eigenvalue weighted by Crippen LogP contribution is -2.55. The lowest BCUT2D eigenvalue weighted by molar-refractivity contribution is -0.147. The van der Waals surface area contributed by atoms with Crippen molar-refractivity contribution in [1.29, 1.82) is 5.26 Å². The molecule has 3 rings (SSSR count). The summed E-state index contributed by atoms with van der Waals surface area (Å²) in [6, 6.07) is 11.9. The Hall–Kier alpha value is -3.60. The molecule has 0 unspecified atom stereocenters. The first-order valence-electron chi connectivity index (χ1n) is 9.27. The van der Waals surface area contributed by atoms with Crippen LogP contribution in [0.25, 0.3) is 0 Å². The first kappa shape index (κ1) is 20.1. The average molecular weight is 394 g/mol. The van der Waals surface area contributed by atoms with Gasteiger partial charge >= 0.3 is 0 Å². The van der Waals surface area contributed by atoms with Crippen LogP contribution in [0, 0.1) is 16.7 Å². The number of carbonyl (C=O) groups excluding carboxylic acids is 3. The van der Waals surface area contributed by atoms with Gasteiger partial charge < -0.3 is 19.5 Å². The molecule has 2 aromatic rings. The summed E-state index contributed by atoms with van der Waals surface area (Å²) in [4.78, 5) is 41.3. The lowest BCUT2D eigenvalue weighted by atomic mass is 9.89. The molecular formula is C21H22N4O4. The number of piperazine rings is 1. The topological polar surface area (TPSA) is 107 Å². The van der Waals surface area contributed by atoms with E-state index in [-0.39, 0.29) is 17.6 Å². The van der Waals surface area contributed by atoms with Gasteiger partial charge in [0.2, 0.25) is 11.8 Å². The molecular weight excluding hydrogens is 372 g/mol. The predicted octanol–water partition coefficient (Wildman–Crippen LogP) is 2.10. The number of benzene rings is 1. The van der Waals surface area contributed by atoms with Gasteiger partial charge in [0.1, 0.15) is 11.5 Å². The van der Waals surface area contributed by atoms with E-state index in [0.29, 0.717) is 37.4 Å². The summed E-state index contributed by atoms with van der Waals surface area (Å²) in [5.41, 5.74) is -0.626. The second-order valence-electron chi connectivity index (χ2n) is 7.30. The third-order valence-corrected chi connectivity index (χ3v) is 4.98. The number of hydrogen-bond donors (Lipinski definition) is 1. The Balaban J connectivity index is 1.63. The Morgan fingerprint density at radius 3 is 2.31 bits per heavy atom. The van der Waals surface area contributed by atoms with E-state index >= 15 is 0 Å². The summed E-state index contributed by atoms with van der Waals surface area (Å²) in [5, 5.41) is 11.9. The Kier molecular flexibility index (Phi) is 5.69. The van der Waals surface area contributed by atoms with Crippen molar-refractivity contribution in [3.8, 4) is 6.07 Å². The number of amides is 3. The number of anilines is 1. The van der Waals surface area contributed by atoms with Crippen molar-refractivity contribution in [2.45, 2.75) is 13.8 Å². The van der Waals surface area contributed by atoms with E-state index in [0.717, 1.165) is 0 Å². The summed E-state index contributed by atoms with van der Waals surface area (Å²) < 4.78 is 5.14. The van der Waals surface area contributed by atoms with Gasteiger partial charge in [0, 0.05) is 26.2 Å². The highest BCUT2D eigenvalue weighted by molar-refractivity contribution is 6.10. The molecule has 8 nitrogen and oxygen atoms in total. The zero-order valence-corrected chi connectivity index (χ0v) is 16.3. The van der Waals surface area contributed by atoms with Crippen LogP contribution in [-0.2, 0) is 9.59 Å². The van der Waals surface area contributed by atoms with Crippen LogP contribution in [0.15, 0.2) is 47.1 Å². The SMILES string of the molecule is CC(C)(C(=O)Nc1ccccc1C#N)C(=O)N1CCN(C(=O)c2ccco2)CC1. The van der Waals surface area contributed by atoms with Crippen LogP contribution in [0.2, 0.25) is 0 Å². The molecule has 29 heavy (non-hydrogen) atoms. The molecule has 3 amide bonds. The van der Waals surface area contributed by atoms with Gasteiger partial charge in [-0.3, -0.25) is 14.4 Å². The minimum absolute atomic E-state index is 0.216. The lowest BCUT2D eigenvalue weighted by Gasteiger charge is -2.37. The van der Waals surface area contributed by atoms with Crippen molar-refractivity contribution in [2.24, 2.45) is 5.41 Å². The molecule has 0 spiro atoms. The second-order valence-corrected chi connectivity index (χ2v) is 7.30. The molecule has 0 radical (unpaired) electrons. The highest BCUT2D eigenvalue weighted by Gasteiger charge is 2.40. The maximum atomic E-state index is 13.0. The molecule has 8 heteroatoms. The smallest absolute Gasteiger partial charge is 0.289 e. The molecule has 1 aromatic heterocycles. The normalized spacial score (nSPS) is 14.2. The average Bonchev–Trinajstić information content (AvgIpc) is 3.28. The number of carbonyl (C=O) groups is 3. The first-order valence-corrected chi connectivity index (χ1v) is 9.27. The minimum Gasteiger partial charge on any atom is -0.459 e. The van der Waals surface area contributed by atoms with Crippen molar-refractivity contribution in [2.75, 3.05) is 31.5 Å². The van der Waals surface area contributed by atoms with E-state index in [2.05, 4.69) is 5.32 Å². The van der Waals surface area contributed by atoms with Crippen molar-refractivity contribution in [3.63, 3.8) is 0 Å². The summed E-state index contributed by atoms with van der Waals surface area (Å²) in [6.07, 6.45) is 1.44. The molecule has 1 N–H and O–H groups in total.